The molecule has 1 atom stereocenters. The molecular formula is C26H28O3. The van der Waals surface area contributed by atoms with E-state index >= 15 is 0 Å². The third-order valence-corrected chi connectivity index (χ3v) is 5.25. The van der Waals surface area contributed by atoms with Gasteiger partial charge in [-0.25, -0.2) is 0 Å². The summed E-state index contributed by atoms with van der Waals surface area (Å²) in [5.41, 5.74) is 2.78. The summed E-state index contributed by atoms with van der Waals surface area (Å²) in [7, 11) is 0. The molecule has 0 bridgehead atoms. The van der Waals surface area contributed by atoms with Crippen LogP contribution in [0.3, 0.4) is 0 Å². The highest BCUT2D eigenvalue weighted by Crippen LogP contribution is 2.40. The molecule has 1 aliphatic rings. The monoisotopic (exact) mass is 388 g/mol. The highest BCUT2D eigenvalue weighted by molar-refractivity contribution is 5.47. The standard InChI is InChI=1S/C26H28O3/c1-4-12-22(13-5-1)26(23-14-6-2-7-15-23,24-16-8-3-9-17-24)29-19-11-10-18-27-20-25-21-28-25/h1-9,12-17,25H,10-11,18-21H2. The van der Waals surface area contributed by atoms with Gasteiger partial charge >= 0.3 is 0 Å². The zero-order valence-electron chi connectivity index (χ0n) is 16.7. The Bertz CT molecular complexity index is 748. The zero-order chi connectivity index (χ0) is 19.8. The molecule has 1 aliphatic heterocycles. The summed E-state index contributed by atoms with van der Waals surface area (Å²) in [5.74, 6) is 0. The van der Waals surface area contributed by atoms with Crippen LogP contribution in [0.5, 0.6) is 0 Å². The summed E-state index contributed by atoms with van der Waals surface area (Å²) in [6.07, 6.45) is 2.24. The maximum Gasteiger partial charge on any atom is 0.143 e. The molecule has 1 saturated heterocycles. The number of benzene rings is 3. The average molecular weight is 389 g/mol. The van der Waals surface area contributed by atoms with Gasteiger partial charge in [-0.15, -0.1) is 0 Å². The van der Waals surface area contributed by atoms with Crippen LogP contribution < -0.4 is 0 Å². The molecule has 4 rings (SSSR count). The fourth-order valence-electron chi connectivity index (χ4n) is 3.68. The molecule has 3 aromatic carbocycles. The Morgan fingerprint density at radius 2 is 1.14 bits per heavy atom. The lowest BCUT2D eigenvalue weighted by atomic mass is 9.80. The summed E-state index contributed by atoms with van der Waals surface area (Å²) in [4.78, 5) is 0. The molecule has 1 fully saturated rings. The Morgan fingerprint density at radius 3 is 1.59 bits per heavy atom. The number of epoxide rings is 1. The molecule has 3 aromatic rings. The average Bonchev–Trinajstić information content (AvgIpc) is 3.62. The number of hydrogen-bond donors (Lipinski definition) is 0. The first kappa shape index (κ1) is 19.8. The van der Waals surface area contributed by atoms with E-state index in [-0.39, 0.29) is 0 Å². The van der Waals surface area contributed by atoms with Crippen LogP contribution in [0.4, 0.5) is 0 Å². The molecule has 1 unspecified atom stereocenters. The molecule has 150 valence electrons. The van der Waals surface area contributed by atoms with Gasteiger partial charge in [-0.2, -0.15) is 0 Å². The lowest BCUT2D eigenvalue weighted by Gasteiger charge is -2.36. The van der Waals surface area contributed by atoms with E-state index in [9.17, 15) is 0 Å². The maximum atomic E-state index is 6.75. The summed E-state index contributed by atoms with van der Waals surface area (Å²) < 4.78 is 17.6. The largest absolute Gasteiger partial charge is 0.379 e. The van der Waals surface area contributed by atoms with Crippen molar-refractivity contribution in [3.63, 3.8) is 0 Å². The van der Waals surface area contributed by atoms with Crippen LogP contribution in [0.2, 0.25) is 0 Å². The molecule has 0 amide bonds. The van der Waals surface area contributed by atoms with Gasteiger partial charge in [0.05, 0.1) is 13.2 Å². The molecule has 0 saturated carbocycles. The fourth-order valence-corrected chi connectivity index (χ4v) is 3.68. The Balaban J connectivity index is 1.56. The van der Waals surface area contributed by atoms with E-state index in [4.69, 9.17) is 14.2 Å². The van der Waals surface area contributed by atoms with Gasteiger partial charge in [0.2, 0.25) is 0 Å². The van der Waals surface area contributed by atoms with Crippen molar-refractivity contribution in [2.45, 2.75) is 24.5 Å². The number of hydrogen-bond acceptors (Lipinski definition) is 3. The molecule has 0 radical (unpaired) electrons. The second-order valence-corrected chi connectivity index (χ2v) is 7.37. The maximum absolute atomic E-state index is 6.75. The van der Waals surface area contributed by atoms with Crippen LogP contribution >= 0.6 is 0 Å². The minimum Gasteiger partial charge on any atom is -0.379 e. The van der Waals surface area contributed by atoms with E-state index < -0.39 is 5.60 Å². The van der Waals surface area contributed by atoms with Crippen molar-refractivity contribution < 1.29 is 14.2 Å². The fraction of sp³-hybridized carbons (Fsp3) is 0.308. The van der Waals surface area contributed by atoms with Crippen molar-refractivity contribution in [2.24, 2.45) is 0 Å². The first-order valence-corrected chi connectivity index (χ1v) is 10.4. The quantitative estimate of drug-likeness (QED) is 0.257. The van der Waals surface area contributed by atoms with Crippen LogP contribution in [0.1, 0.15) is 29.5 Å². The Kier molecular flexibility index (Phi) is 6.73. The van der Waals surface area contributed by atoms with E-state index in [1.165, 1.54) is 0 Å². The highest BCUT2D eigenvalue weighted by atomic mass is 16.6. The van der Waals surface area contributed by atoms with Crippen molar-refractivity contribution in [3.8, 4) is 0 Å². The molecule has 1 heterocycles. The summed E-state index contributed by atoms with van der Waals surface area (Å²) in [6, 6.07) is 31.5. The smallest absolute Gasteiger partial charge is 0.143 e. The molecule has 0 aromatic heterocycles. The lowest BCUT2D eigenvalue weighted by molar-refractivity contribution is 0.00712. The summed E-state index contributed by atoms with van der Waals surface area (Å²) >= 11 is 0. The summed E-state index contributed by atoms with van der Waals surface area (Å²) in [6.45, 7) is 2.96. The van der Waals surface area contributed by atoms with Crippen LogP contribution in [0.15, 0.2) is 91.0 Å². The molecule has 0 N–H and O–H groups in total. The van der Waals surface area contributed by atoms with E-state index in [1.54, 1.807) is 0 Å². The van der Waals surface area contributed by atoms with Crippen LogP contribution in [0.25, 0.3) is 0 Å². The van der Waals surface area contributed by atoms with E-state index in [0.29, 0.717) is 19.3 Å². The SMILES string of the molecule is c1ccc(C(OCCCCOCC2CO2)(c2ccccc2)c2ccccc2)cc1. The Labute approximate surface area is 173 Å². The second-order valence-electron chi connectivity index (χ2n) is 7.37. The van der Waals surface area contributed by atoms with Gasteiger partial charge in [-0.1, -0.05) is 91.0 Å². The zero-order valence-corrected chi connectivity index (χ0v) is 16.7. The van der Waals surface area contributed by atoms with E-state index in [0.717, 1.165) is 42.7 Å². The topological polar surface area (TPSA) is 31.0 Å². The molecule has 3 heteroatoms. The molecule has 29 heavy (non-hydrogen) atoms. The van der Waals surface area contributed by atoms with Gasteiger partial charge in [0.1, 0.15) is 11.7 Å². The molecule has 0 aliphatic carbocycles. The van der Waals surface area contributed by atoms with Gasteiger partial charge in [0.25, 0.3) is 0 Å². The van der Waals surface area contributed by atoms with Crippen molar-refractivity contribution >= 4 is 0 Å². The van der Waals surface area contributed by atoms with Gasteiger partial charge in [0.15, 0.2) is 0 Å². The Morgan fingerprint density at radius 1 is 0.690 bits per heavy atom. The number of ether oxygens (including phenoxy) is 3. The first-order chi connectivity index (χ1) is 14.4. The van der Waals surface area contributed by atoms with E-state index in [1.807, 2.05) is 18.2 Å². The van der Waals surface area contributed by atoms with Crippen LogP contribution in [-0.2, 0) is 19.8 Å². The lowest BCUT2D eigenvalue weighted by Crippen LogP contribution is -2.33. The van der Waals surface area contributed by atoms with Gasteiger partial charge < -0.3 is 14.2 Å². The number of unbranched alkanes of at least 4 members (excludes halogenated alkanes) is 1. The minimum atomic E-state index is -0.632. The van der Waals surface area contributed by atoms with Crippen molar-refractivity contribution in [3.05, 3.63) is 108 Å². The van der Waals surface area contributed by atoms with Gasteiger partial charge in [-0.3, -0.25) is 0 Å². The second kappa shape index (κ2) is 9.84. The van der Waals surface area contributed by atoms with Gasteiger partial charge in [0, 0.05) is 13.2 Å². The van der Waals surface area contributed by atoms with Crippen molar-refractivity contribution in [1.29, 1.82) is 0 Å². The molecular weight excluding hydrogens is 360 g/mol. The Hall–Kier alpha value is -2.46. The molecule has 3 nitrogen and oxygen atoms in total. The van der Waals surface area contributed by atoms with Crippen LogP contribution in [-0.4, -0.2) is 32.5 Å². The number of rotatable bonds is 11. The van der Waals surface area contributed by atoms with Crippen molar-refractivity contribution in [1.82, 2.24) is 0 Å². The molecule has 0 spiro atoms. The summed E-state index contributed by atoms with van der Waals surface area (Å²) in [5, 5.41) is 0. The third kappa shape index (κ3) is 4.94. The first-order valence-electron chi connectivity index (χ1n) is 10.4. The predicted octanol–water partition coefficient (Wildman–Crippen LogP) is 5.19. The van der Waals surface area contributed by atoms with E-state index in [2.05, 4.69) is 72.8 Å². The predicted molar refractivity (Wildman–Crippen MR) is 115 cm³/mol. The third-order valence-electron chi connectivity index (χ3n) is 5.25. The highest BCUT2D eigenvalue weighted by Gasteiger charge is 2.37. The van der Waals surface area contributed by atoms with Crippen LogP contribution in [0, 0.1) is 0 Å². The minimum absolute atomic E-state index is 0.327. The van der Waals surface area contributed by atoms with Gasteiger partial charge in [-0.05, 0) is 29.5 Å². The normalized spacial score (nSPS) is 15.9. The van der Waals surface area contributed by atoms with Crippen molar-refractivity contribution in [2.75, 3.05) is 26.4 Å².